The van der Waals surface area contributed by atoms with Crippen LogP contribution in [-0.4, -0.2) is 0 Å². The maximum Gasteiger partial charge on any atom is 0.130 e. The molecule has 2 unspecified atom stereocenters. The number of benzene rings is 1. The summed E-state index contributed by atoms with van der Waals surface area (Å²) >= 11 is 0. The van der Waals surface area contributed by atoms with Crippen LogP contribution >= 0.6 is 0 Å². The van der Waals surface area contributed by atoms with Gasteiger partial charge in [-0.2, -0.15) is 0 Å². The maximum absolute atomic E-state index is 13.6. The molecule has 0 radical (unpaired) electrons. The van der Waals surface area contributed by atoms with E-state index in [0.717, 1.165) is 25.7 Å². The van der Waals surface area contributed by atoms with Crippen molar-refractivity contribution in [3.05, 3.63) is 35.4 Å². The summed E-state index contributed by atoms with van der Waals surface area (Å²) < 4.78 is 27.2. The van der Waals surface area contributed by atoms with E-state index in [0.29, 0.717) is 12.3 Å². The van der Waals surface area contributed by atoms with E-state index in [2.05, 4.69) is 13.8 Å². The van der Waals surface area contributed by atoms with Crippen molar-refractivity contribution in [3.8, 4) is 0 Å². The van der Waals surface area contributed by atoms with Gasteiger partial charge >= 0.3 is 0 Å². The quantitative estimate of drug-likeness (QED) is 0.758. The highest BCUT2D eigenvalue weighted by Crippen LogP contribution is 2.28. The Bertz CT molecular complexity index is 345. The minimum atomic E-state index is -0.548. The van der Waals surface area contributed by atoms with Gasteiger partial charge in [-0.1, -0.05) is 45.6 Å². The SMILES string of the molecule is CCCCC(CC)CC(N)c1c(F)cccc1F. The van der Waals surface area contributed by atoms with Gasteiger partial charge in [0.15, 0.2) is 0 Å². The van der Waals surface area contributed by atoms with Crippen LogP contribution in [0.4, 0.5) is 8.78 Å². The van der Waals surface area contributed by atoms with Crippen molar-refractivity contribution >= 4 is 0 Å². The number of halogens is 2. The van der Waals surface area contributed by atoms with Crippen LogP contribution < -0.4 is 5.73 Å². The van der Waals surface area contributed by atoms with Crippen LogP contribution in [0, 0.1) is 17.6 Å². The monoisotopic (exact) mass is 255 g/mol. The van der Waals surface area contributed by atoms with Crippen molar-refractivity contribution in [1.29, 1.82) is 0 Å². The summed E-state index contributed by atoms with van der Waals surface area (Å²) in [5, 5.41) is 0. The predicted octanol–water partition coefficient (Wildman–Crippen LogP) is 4.57. The number of unbranched alkanes of at least 4 members (excludes halogenated alkanes) is 1. The molecule has 3 heteroatoms. The topological polar surface area (TPSA) is 26.0 Å². The second-order valence-corrected chi connectivity index (χ2v) is 4.89. The molecule has 1 aromatic rings. The third kappa shape index (κ3) is 4.05. The summed E-state index contributed by atoms with van der Waals surface area (Å²) in [6.07, 6.45) is 5.01. The molecule has 0 bridgehead atoms. The average molecular weight is 255 g/mol. The molecule has 2 N–H and O–H groups in total. The summed E-state index contributed by atoms with van der Waals surface area (Å²) in [5.74, 6) is -0.625. The van der Waals surface area contributed by atoms with Crippen molar-refractivity contribution in [2.75, 3.05) is 0 Å². The molecule has 1 rings (SSSR count). The van der Waals surface area contributed by atoms with Gasteiger partial charge in [0, 0.05) is 11.6 Å². The van der Waals surface area contributed by atoms with E-state index in [1.165, 1.54) is 18.2 Å². The minimum absolute atomic E-state index is 0.0347. The van der Waals surface area contributed by atoms with Crippen LogP contribution in [0.2, 0.25) is 0 Å². The second-order valence-electron chi connectivity index (χ2n) is 4.89. The van der Waals surface area contributed by atoms with Gasteiger partial charge in [0.05, 0.1) is 0 Å². The molecule has 0 aliphatic carbocycles. The second kappa shape index (κ2) is 7.47. The Morgan fingerprint density at radius 3 is 2.28 bits per heavy atom. The summed E-state index contributed by atoms with van der Waals surface area (Å²) in [6, 6.07) is 3.36. The van der Waals surface area contributed by atoms with Crippen LogP contribution in [0.25, 0.3) is 0 Å². The first-order chi connectivity index (χ1) is 8.60. The normalized spacial score (nSPS) is 14.5. The highest BCUT2D eigenvalue weighted by atomic mass is 19.1. The van der Waals surface area contributed by atoms with Gasteiger partial charge in [0.25, 0.3) is 0 Å². The lowest BCUT2D eigenvalue weighted by atomic mass is 9.89. The fraction of sp³-hybridized carbons (Fsp3) is 0.600. The van der Waals surface area contributed by atoms with E-state index in [1.54, 1.807) is 0 Å². The number of rotatable bonds is 7. The van der Waals surface area contributed by atoms with E-state index in [9.17, 15) is 8.78 Å². The number of nitrogens with two attached hydrogens (primary N) is 1. The van der Waals surface area contributed by atoms with Gasteiger partial charge in [0.2, 0.25) is 0 Å². The Morgan fingerprint density at radius 1 is 1.17 bits per heavy atom. The molecule has 102 valence electrons. The zero-order chi connectivity index (χ0) is 13.5. The lowest BCUT2D eigenvalue weighted by Gasteiger charge is -2.20. The fourth-order valence-corrected chi connectivity index (χ4v) is 2.32. The largest absolute Gasteiger partial charge is 0.324 e. The van der Waals surface area contributed by atoms with E-state index in [1.807, 2.05) is 0 Å². The summed E-state index contributed by atoms with van der Waals surface area (Å²) in [4.78, 5) is 0. The maximum atomic E-state index is 13.6. The fourth-order valence-electron chi connectivity index (χ4n) is 2.32. The summed E-state index contributed by atoms with van der Waals surface area (Å²) in [7, 11) is 0. The molecule has 0 saturated heterocycles. The molecule has 18 heavy (non-hydrogen) atoms. The van der Waals surface area contributed by atoms with E-state index < -0.39 is 17.7 Å². The summed E-state index contributed by atoms with van der Waals surface area (Å²) in [5.41, 5.74) is 6.00. The third-order valence-corrected chi connectivity index (χ3v) is 3.50. The molecule has 1 aromatic carbocycles. The van der Waals surface area contributed by atoms with Gasteiger partial charge in [-0.25, -0.2) is 8.78 Å². The van der Waals surface area contributed by atoms with Gasteiger partial charge in [-0.15, -0.1) is 0 Å². The van der Waals surface area contributed by atoms with Gasteiger partial charge < -0.3 is 5.73 Å². The Labute approximate surface area is 108 Å². The third-order valence-electron chi connectivity index (χ3n) is 3.50. The molecular weight excluding hydrogens is 232 g/mol. The van der Waals surface area contributed by atoms with Crippen molar-refractivity contribution in [2.45, 2.75) is 52.0 Å². The first-order valence-corrected chi connectivity index (χ1v) is 6.79. The minimum Gasteiger partial charge on any atom is -0.324 e. The Hall–Kier alpha value is -0.960. The number of hydrogen-bond acceptors (Lipinski definition) is 1. The summed E-state index contributed by atoms with van der Waals surface area (Å²) in [6.45, 7) is 4.24. The smallest absolute Gasteiger partial charge is 0.130 e. The highest BCUT2D eigenvalue weighted by Gasteiger charge is 2.19. The Morgan fingerprint density at radius 2 is 1.78 bits per heavy atom. The van der Waals surface area contributed by atoms with Crippen LogP contribution in [0.1, 0.15) is 57.6 Å². The van der Waals surface area contributed by atoms with Crippen LogP contribution in [-0.2, 0) is 0 Å². The first-order valence-electron chi connectivity index (χ1n) is 6.79. The Balaban J connectivity index is 2.71. The lowest BCUT2D eigenvalue weighted by molar-refractivity contribution is 0.376. The van der Waals surface area contributed by atoms with Crippen molar-refractivity contribution in [3.63, 3.8) is 0 Å². The molecule has 0 spiro atoms. The molecule has 0 fully saturated rings. The molecule has 0 heterocycles. The van der Waals surface area contributed by atoms with E-state index in [-0.39, 0.29) is 5.56 Å². The predicted molar refractivity (Wildman–Crippen MR) is 71.2 cm³/mol. The lowest BCUT2D eigenvalue weighted by Crippen LogP contribution is -2.18. The van der Waals surface area contributed by atoms with Crippen molar-refractivity contribution in [2.24, 2.45) is 11.7 Å². The molecule has 0 aromatic heterocycles. The van der Waals surface area contributed by atoms with Crippen LogP contribution in [0.5, 0.6) is 0 Å². The molecule has 2 atom stereocenters. The van der Waals surface area contributed by atoms with Crippen LogP contribution in [0.15, 0.2) is 18.2 Å². The molecular formula is C15H23F2N. The zero-order valence-corrected chi connectivity index (χ0v) is 11.3. The molecule has 1 nitrogen and oxygen atoms in total. The molecule has 0 aliphatic heterocycles. The zero-order valence-electron chi connectivity index (χ0n) is 11.3. The van der Waals surface area contributed by atoms with Crippen LogP contribution in [0.3, 0.4) is 0 Å². The highest BCUT2D eigenvalue weighted by molar-refractivity contribution is 5.23. The van der Waals surface area contributed by atoms with Gasteiger partial charge in [-0.3, -0.25) is 0 Å². The van der Waals surface area contributed by atoms with E-state index in [4.69, 9.17) is 5.73 Å². The first kappa shape index (κ1) is 15.1. The number of hydrogen-bond donors (Lipinski definition) is 1. The van der Waals surface area contributed by atoms with Gasteiger partial charge in [0.1, 0.15) is 11.6 Å². The van der Waals surface area contributed by atoms with Crippen molar-refractivity contribution < 1.29 is 8.78 Å². The van der Waals surface area contributed by atoms with Crippen molar-refractivity contribution in [1.82, 2.24) is 0 Å². The molecule has 0 saturated carbocycles. The van der Waals surface area contributed by atoms with Gasteiger partial charge in [-0.05, 0) is 24.5 Å². The van der Waals surface area contributed by atoms with E-state index >= 15 is 0 Å². The standard InChI is InChI=1S/C15H23F2N/c1-3-5-7-11(4-2)10-14(18)15-12(16)8-6-9-13(15)17/h6,8-9,11,14H,3-5,7,10,18H2,1-2H3. The average Bonchev–Trinajstić information content (AvgIpc) is 2.34. The molecule has 0 amide bonds. The molecule has 0 aliphatic rings. The Kier molecular flexibility index (Phi) is 6.27.